The minimum Gasteiger partial charge on any atom is -0.506 e. The highest BCUT2D eigenvalue weighted by Gasteiger charge is 2.29. The van der Waals surface area contributed by atoms with Crippen molar-refractivity contribution in [3.63, 3.8) is 0 Å². The molecule has 1 fully saturated rings. The van der Waals surface area contributed by atoms with Crippen LogP contribution in [-0.2, 0) is 0 Å². The molecule has 2 aliphatic heterocycles. The zero-order valence-corrected chi connectivity index (χ0v) is 10.6. The largest absolute Gasteiger partial charge is 0.506 e. The highest BCUT2D eigenvalue weighted by molar-refractivity contribution is 6.22. The van der Waals surface area contributed by atoms with E-state index in [1.54, 1.807) is 12.1 Å². The summed E-state index contributed by atoms with van der Waals surface area (Å²) in [6, 6.07) is 3.34. The molecule has 1 unspecified atom stereocenters. The number of benzene rings is 1. The summed E-state index contributed by atoms with van der Waals surface area (Å²) in [6.45, 7) is 3.24. The Hall–Kier alpha value is -1.33. The van der Waals surface area contributed by atoms with Crippen LogP contribution in [0.25, 0.3) is 0 Å². The van der Waals surface area contributed by atoms with Gasteiger partial charge in [-0.1, -0.05) is 11.6 Å². The van der Waals surface area contributed by atoms with Gasteiger partial charge in [-0.05, 0) is 12.1 Å². The van der Waals surface area contributed by atoms with Crippen molar-refractivity contribution in [3.05, 3.63) is 12.1 Å². The Morgan fingerprint density at radius 3 is 3.00 bits per heavy atom. The molecular formula is C12H15ClN2O3. The van der Waals surface area contributed by atoms with E-state index in [1.807, 2.05) is 4.90 Å². The summed E-state index contributed by atoms with van der Waals surface area (Å²) in [5.41, 5.74) is 0.426. The van der Waals surface area contributed by atoms with Gasteiger partial charge in [-0.2, -0.15) is 0 Å². The molecule has 0 aliphatic carbocycles. The van der Waals surface area contributed by atoms with Crippen molar-refractivity contribution in [2.24, 2.45) is 0 Å². The van der Waals surface area contributed by atoms with Crippen LogP contribution in [-0.4, -0.2) is 43.5 Å². The molecule has 1 saturated heterocycles. The van der Waals surface area contributed by atoms with E-state index in [0.717, 1.165) is 13.1 Å². The third kappa shape index (κ3) is 1.93. The number of phenols is 1. The van der Waals surface area contributed by atoms with Gasteiger partial charge in [0.25, 0.3) is 0 Å². The van der Waals surface area contributed by atoms with Gasteiger partial charge in [0, 0.05) is 19.6 Å². The average molecular weight is 271 g/mol. The quantitative estimate of drug-likeness (QED) is 0.592. The number of nitrogens with one attached hydrogen (secondary N) is 1. The van der Waals surface area contributed by atoms with Crippen molar-refractivity contribution < 1.29 is 14.6 Å². The lowest BCUT2D eigenvalue weighted by Crippen LogP contribution is -2.48. The van der Waals surface area contributed by atoms with Crippen LogP contribution in [0.1, 0.15) is 0 Å². The second-order valence-corrected chi connectivity index (χ2v) is 4.79. The molecule has 0 radical (unpaired) electrons. The van der Waals surface area contributed by atoms with Gasteiger partial charge in [0.05, 0.1) is 0 Å². The summed E-state index contributed by atoms with van der Waals surface area (Å²) >= 11 is 6.29. The summed E-state index contributed by atoms with van der Waals surface area (Å²) in [4.78, 5) is 1.95. The van der Waals surface area contributed by atoms with Crippen molar-refractivity contribution in [2.75, 3.05) is 37.7 Å². The van der Waals surface area contributed by atoms with Gasteiger partial charge < -0.3 is 24.8 Å². The number of halogens is 1. The number of piperazine rings is 1. The van der Waals surface area contributed by atoms with Crippen LogP contribution in [0.4, 0.5) is 5.69 Å². The molecule has 2 N–H and O–H groups in total. The van der Waals surface area contributed by atoms with E-state index < -0.39 is 0 Å². The smallest absolute Gasteiger partial charge is 0.188 e. The molecule has 2 heterocycles. The summed E-state index contributed by atoms with van der Waals surface area (Å²) < 4.78 is 11.2. The predicted molar refractivity (Wildman–Crippen MR) is 69.0 cm³/mol. The summed E-state index contributed by atoms with van der Waals surface area (Å²) in [6.07, 6.45) is 0. The standard InChI is InChI=1S/C12H15ClN2O3/c13-10-7-14-3-4-15(10)11-8(16)1-2-9-12(11)18-6-5-17-9/h1-2,10,14,16H,3-7H2. The summed E-state index contributed by atoms with van der Waals surface area (Å²) in [5, 5.41) is 13.3. The lowest BCUT2D eigenvalue weighted by Gasteiger charge is -2.36. The maximum atomic E-state index is 10.1. The van der Waals surface area contributed by atoms with Crippen LogP contribution in [0, 0.1) is 0 Å². The molecule has 2 aliphatic rings. The highest BCUT2D eigenvalue weighted by Crippen LogP contribution is 2.46. The Kier molecular flexibility index (Phi) is 3.09. The maximum absolute atomic E-state index is 10.1. The van der Waals surface area contributed by atoms with Crippen molar-refractivity contribution in [1.82, 2.24) is 5.32 Å². The number of aromatic hydroxyl groups is 1. The van der Waals surface area contributed by atoms with Gasteiger partial charge in [0.15, 0.2) is 11.5 Å². The minimum atomic E-state index is -0.207. The molecule has 0 saturated carbocycles. The number of hydrogen-bond acceptors (Lipinski definition) is 5. The fraction of sp³-hybridized carbons (Fsp3) is 0.500. The topological polar surface area (TPSA) is 54.0 Å². The predicted octanol–water partition coefficient (Wildman–Crippen LogP) is 1.14. The number of fused-ring (bicyclic) bond motifs is 1. The molecule has 0 spiro atoms. The van der Waals surface area contributed by atoms with Gasteiger partial charge in [-0.25, -0.2) is 0 Å². The maximum Gasteiger partial charge on any atom is 0.188 e. The SMILES string of the molecule is Oc1ccc2c(c1N1CCNCC1Cl)OCCO2. The second kappa shape index (κ2) is 4.74. The summed E-state index contributed by atoms with van der Waals surface area (Å²) in [5.74, 6) is 1.43. The Morgan fingerprint density at radius 1 is 1.33 bits per heavy atom. The normalized spacial score (nSPS) is 22.9. The van der Waals surface area contributed by atoms with E-state index in [0.29, 0.717) is 36.9 Å². The molecule has 3 rings (SSSR count). The molecule has 0 amide bonds. The van der Waals surface area contributed by atoms with Gasteiger partial charge in [-0.15, -0.1) is 0 Å². The Bertz CT molecular complexity index is 455. The lowest BCUT2D eigenvalue weighted by molar-refractivity contribution is 0.171. The van der Waals surface area contributed by atoms with E-state index in [4.69, 9.17) is 21.1 Å². The first-order valence-electron chi connectivity index (χ1n) is 6.00. The van der Waals surface area contributed by atoms with Gasteiger partial charge in [0.1, 0.15) is 30.2 Å². The first kappa shape index (κ1) is 11.7. The van der Waals surface area contributed by atoms with Gasteiger partial charge >= 0.3 is 0 Å². The summed E-state index contributed by atoms with van der Waals surface area (Å²) in [7, 11) is 0. The van der Waals surface area contributed by atoms with E-state index >= 15 is 0 Å². The molecule has 1 atom stereocenters. The Morgan fingerprint density at radius 2 is 2.17 bits per heavy atom. The lowest BCUT2D eigenvalue weighted by atomic mass is 10.2. The molecule has 1 aromatic rings. The third-order valence-electron chi connectivity index (χ3n) is 3.13. The number of rotatable bonds is 1. The molecule has 5 nitrogen and oxygen atoms in total. The van der Waals surface area contributed by atoms with E-state index in [9.17, 15) is 5.11 Å². The molecule has 6 heteroatoms. The van der Waals surface area contributed by atoms with Crippen LogP contribution in [0.3, 0.4) is 0 Å². The van der Waals surface area contributed by atoms with Gasteiger partial charge in [-0.3, -0.25) is 0 Å². The Labute approximate surface area is 110 Å². The van der Waals surface area contributed by atoms with E-state index in [2.05, 4.69) is 5.32 Å². The third-order valence-corrected chi connectivity index (χ3v) is 3.52. The molecule has 98 valence electrons. The average Bonchev–Trinajstić information content (AvgIpc) is 2.40. The van der Waals surface area contributed by atoms with Crippen LogP contribution >= 0.6 is 11.6 Å². The van der Waals surface area contributed by atoms with Gasteiger partial charge in [0.2, 0.25) is 0 Å². The van der Waals surface area contributed by atoms with Crippen LogP contribution in [0.2, 0.25) is 0 Å². The van der Waals surface area contributed by atoms with Crippen LogP contribution in [0.5, 0.6) is 17.2 Å². The fourth-order valence-corrected chi connectivity index (χ4v) is 2.60. The van der Waals surface area contributed by atoms with Crippen LogP contribution in [0.15, 0.2) is 12.1 Å². The number of anilines is 1. The van der Waals surface area contributed by atoms with E-state index in [-0.39, 0.29) is 11.3 Å². The van der Waals surface area contributed by atoms with Crippen molar-refractivity contribution >= 4 is 17.3 Å². The molecule has 0 bridgehead atoms. The first-order chi connectivity index (χ1) is 8.77. The number of ether oxygens (including phenoxy) is 2. The Balaban J connectivity index is 2.04. The molecule has 1 aromatic carbocycles. The number of alkyl halides is 1. The van der Waals surface area contributed by atoms with E-state index in [1.165, 1.54) is 0 Å². The zero-order chi connectivity index (χ0) is 12.5. The second-order valence-electron chi connectivity index (χ2n) is 4.29. The first-order valence-corrected chi connectivity index (χ1v) is 6.44. The number of hydrogen-bond donors (Lipinski definition) is 2. The van der Waals surface area contributed by atoms with Crippen LogP contribution < -0.4 is 19.7 Å². The number of phenolic OH excluding ortho intramolecular Hbond substituents is 1. The van der Waals surface area contributed by atoms with Crippen molar-refractivity contribution in [1.29, 1.82) is 0 Å². The molecule has 18 heavy (non-hydrogen) atoms. The monoisotopic (exact) mass is 270 g/mol. The zero-order valence-electron chi connectivity index (χ0n) is 9.86. The highest BCUT2D eigenvalue weighted by atomic mass is 35.5. The van der Waals surface area contributed by atoms with Crippen molar-refractivity contribution in [3.8, 4) is 17.2 Å². The molecular weight excluding hydrogens is 256 g/mol. The van der Waals surface area contributed by atoms with Crippen molar-refractivity contribution in [2.45, 2.75) is 5.50 Å². The minimum absolute atomic E-state index is 0.173. The molecule has 0 aromatic heterocycles. The number of nitrogens with zero attached hydrogens (tertiary/aromatic N) is 1. The fourth-order valence-electron chi connectivity index (χ4n) is 2.29.